The highest BCUT2D eigenvalue weighted by molar-refractivity contribution is 6.31. The van der Waals surface area contributed by atoms with E-state index in [1.165, 1.54) is 6.07 Å². The lowest BCUT2D eigenvalue weighted by Gasteiger charge is -2.34. The Hall–Kier alpha value is -2.08. The number of halogens is 2. The molecule has 1 aromatic heterocycles. The summed E-state index contributed by atoms with van der Waals surface area (Å²) < 4.78 is 21.2. The Morgan fingerprint density at radius 3 is 2.82 bits per heavy atom. The summed E-state index contributed by atoms with van der Waals surface area (Å²) in [5.41, 5.74) is 1.66. The predicted molar refractivity (Wildman–Crippen MR) is 107 cm³/mol. The van der Waals surface area contributed by atoms with Crippen LogP contribution in [0.3, 0.4) is 0 Å². The summed E-state index contributed by atoms with van der Waals surface area (Å²) in [6, 6.07) is 6.41. The molecule has 1 fully saturated rings. The van der Waals surface area contributed by atoms with Crippen molar-refractivity contribution in [3.63, 3.8) is 0 Å². The van der Waals surface area contributed by atoms with Crippen molar-refractivity contribution in [2.45, 2.75) is 40.2 Å². The van der Waals surface area contributed by atoms with Gasteiger partial charge in [-0.3, -0.25) is 9.48 Å². The average Bonchev–Trinajstić information content (AvgIpc) is 2.93. The van der Waals surface area contributed by atoms with Crippen LogP contribution in [0, 0.1) is 31.5 Å². The maximum Gasteiger partial charge on any atom is 0.227 e. The number of hydrogen-bond acceptors (Lipinski definition) is 3. The molecule has 0 spiro atoms. The molecule has 0 saturated carbocycles. The standard InChI is InChI=1S/C21H27ClFN3O2/c1-14(11-26-16(3)20(22)15(2)24-26)21(27)25-10-6-7-17(12-25)13-28-19-9-5-4-8-18(19)23/h4-5,8-9,14,17H,6-7,10-13H2,1-3H3/t14-,17+/m1/s1. The van der Waals surface area contributed by atoms with Gasteiger partial charge in [0.2, 0.25) is 5.91 Å². The molecule has 5 nitrogen and oxygen atoms in total. The van der Waals surface area contributed by atoms with Crippen LogP contribution in [0.2, 0.25) is 5.02 Å². The van der Waals surface area contributed by atoms with Crippen LogP contribution >= 0.6 is 11.6 Å². The zero-order valence-corrected chi connectivity index (χ0v) is 17.4. The molecule has 152 valence electrons. The number of amides is 1. The van der Waals surface area contributed by atoms with E-state index in [0.29, 0.717) is 24.7 Å². The third kappa shape index (κ3) is 4.66. The van der Waals surface area contributed by atoms with Crippen molar-refractivity contribution in [1.29, 1.82) is 0 Å². The first-order valence-corrected chi connectivity index (χ1v) is 10.1. The molecule has 0 N–H and O–H groups in total. The maximum atomic E-state index is 13.7. The van der Waals surface area contributed by atoms with E-state index >= 15 is 0 Å². The minimum atomic E-state index is -0.358. The van der Waals surface area contributed by atoms with E-state index < -0.39 is 0 Å². The molecule has 1 amide bonds. The number of likely N-dealkylation sites (tertiary alicyclic amines) is 1. The van der Waals surface area contributed by atoms with Crippen molar-refractivity contribution in [2.75, 3.05) is 19.7 Å². The van der Waals surface area contributed by atoms with Crippen LogP contribution in [-0.2, 0) is 11.3 Å². The summed E-state index contributed by atoms with van der Waals surface area (Å²) in [6.07, 6.45) is 1.90. The Bertz CT molecular complexity index is 839. The predicted octanol–water partition coefficient (Wildman–Crippen LogP) is 4.25. The first-order valence-electron chi connectivity index (χ1n) is 9.72. The maximum absolute atomic E-state index is 13.7. The van der Waals surface area contributed by atoms with Crippen LogP contribution in [0.25, 0.3) is 0 Å². The van der Waals surface area contributed by atoms with Crippen molar-refractivity contribution in [2.24, 2.45) is 11.8 Å². The van der Waals surface area contributed by atoms with Gasteiger partial charge in [0.25, 0.3) is 0 Å². The molecule has 1 aliphatic heterocycles. The number of carbonyl (C=O) groups is 1. The fraction of sp³-hybridized carbons (Fsp3) is 0.524. The number of hydrogen-bond donors (Lipinski definition) is 0. The highest BCUT2D eigenvalue weighted by Gasteiger charge is 2.28. The molecule has 0 aliphatic carbocycles. The van der Waals surface area contributed by atoms with Crippen molar-refractivity contribution in [1.82, 2.24) is 14.7 Å². The third-order valence-electron chi connectivity index (χ3n) is 5.30. The zero-order chi connectivity index (χ0) is 20.3. The van der Waals surface area contributed by atoms with Crippen LogP contribution in [0.15, 0.2) is 24.3 Å². The quantitative estimate of drug-likeness (QED) is 0.719. The summed E-state index contributed by atoms with van der Waals surface area (Å²) in [5.74, 6) is 0.0244. The zero-order valence-electron chi connectivity index (χ0n) is 16.6. The molecule has 28 heavy (non-hydrogen) atoms. The first kappa shape index (κ1) is 20.6. The van der Waals surface area contributed by atoms with Gasteiger partial charge in [-0.15, -0.1) is 0 Å². The van der Waals surface area contributed by atoms with Gasteiger partial charge in [0.05, 0.1) is 35.5 Å². The number of benzene rings is 1. The van der Waals surface area contributed by atoms with Gasteiger partial charge in [-0.05, 0) is 38.8 Å². The topological polar surface area (TPSA) is 47.4 Å². The molecule has 0 radical (unpaired) electrons. The molecule has 7 heteroatoms. The molecule has 1 saturated heterocycles. The SMILES string of the molecule is Cc1nn(C[C@@H](C)C(=O)N2CCC[C@H](COc3ccccc3F)C2)c(C)c1Cl. The smallest absolute Gasteiger partial charge is 0.227 e. The summed E-state index contributed by atoms with van der Waals surface area (Å²) >= 11 is 6.21. The van der Waals surface area contributed by atoms with Gasteiger partial charge in [0.1, 0.15) is 0 Å². The number of nitrogens with zero attached hydrogens (tertiary/aromatic N) is 3. The van der Waals surface area contributed by atoms with Crippen LogP contribution in [0.1, 0.15) is 31.2 Å². The van der Waals surface area contributed by atoms with E-state index in [1.54, 1.807) is 18.2 Å². The lowest BCUT2D eigenvalue weighted by atomic mass is 9.97. The molecular weight excluding hydrogens is 381 g/mol. The van der Waals surface area contributed by atoms with Crippen LogP contribution in [-0.4, -0.2) is 40.3 Å². The second-order valence-corrected chi connectivity index (χ2v) is 7.98. The number of piperidine rings is 1. The molecule has 2 aromatic rings. The lowest BCUT2D eigenvalue weighted by molar-refractivity contribution is -0.137. The molecule has 0 unspecified atom stereocenters. The minimum Gasteiger partial charge on any atom is -0.490 e. The van der Waals surface area contributed by atoms with Gasteiger partial charge in [-0.2, -0.15) is 5.10 Å². The van der Waals surface area contributed by atoms with Gasteiger partial charge in [0, 0.05) is 19.0 Å². The average molecular weight is 408 g/mol. The number of carbonyl (C=O) groups excluding carboxylic acids is 1. The Balaban J connectivity index is 1.56. The Morgan fingerprint density at radius 2 is 2.14 bits per heavy atom. The molecule has 3 rings (SSSR count). The van der Waals surface area contributed by atoms with Crippen LogP contribution in [0.5, 0.6) is 5.75 Å². The lowest BCUT2D eigenvalue weighted by Crippen LogP contribution is -2.44. The van der Waals surface area contributed by atoms with Crippen molar-refractivity contribution in [3.05, 3.63) is 46.5 Å². The number of aryl methyl sites for hydroxylation is 1. The summed E-state index contributed by atoms with van der Waals surface area (Å²) in [7, 11) is 0. The molecule has 1 aromatic carbocycles. The molecular formula is C21H27ClFN3O2. The Kier molecular flexibility index (Phi) is 6.60. The summed E-state index contributed by atoms with van der Waals surface area (Å²) in [4.78, 5) is 14.8. The fourth-order valence-electron chi connectivity index (χ4n) is 3.67. The largest absolute Gasteiger partial charge is 0.490 e. The van der Waals surface area contributed by atoms with Crippen molar-refractivity contribution >= 4 is 17.5 Å². The van der Waals surface area contributed by atoms with Gasteiger partial charge < -0.3 is 9.64 Å². The molecule has 2 atom stereocenters. The summed E-state index contributed by atoms with van der Waals surface area (Å²) in [6.45, 7) is 8.00. The second-order valence-electron chi connectivity index (χ2n) is 7.60. The van der Waals surface area contributed by atoms with E-state index in [9.17, 15) is 9.18 Å². The third-order valence-corrected chi connectivity index (χ3v) is 5.85. The van der Waals surface area contributed by atoms with E-state index in [0.717, 1.165) is 30.8 Å². The molecule has 1 aliphatic rings. The van der Waals surface area contributed by atoms with E-state index in [4.69, 9.17) is 16.3 Å². The first-order chi connectivity index (χ1) is 13.4. The van der Waals surface area contributed by atoms with Crippen molar-refractivity contribution < 1.29 is 13.9 Å². The Labute approximate surface area is 170 Å². The fourth-order valence-corrected chi connectivity index (χ4v) is 3.81. The number of para-hydroxylation sites is 1. The van der Waals surface area contributed by atoms with Gasteiger partial charge in [0.15, 0.2) is 11.6 Å². The Morgan fingerprint density at radius 1 is 1.39 bits per heavy atom. The van der Waals surface area contributed by atoms with E-state index in [2.05, 4.69) is 5.10 Å². The number of aromatic nitrogens is 2. The highest BCUT2D eigenvalue weighted by Crippen LogP contribution is 2.23. The van der Waals surface area contributed by atoms with Crippen molar-refractivity contribution in [3.8, 4) is 5.75 Å². The van der Waals surface area contributed by atoms with Gasteiger partial charge in [-0.25, -0.2) is 4.39 Å². The highest BCUT2D eigenvalue weighted by atomic mass is 35.5. The summed E-state index contributed by atoms with van der Waals surface area (Å²) in [5, 5.41) is 5.08. The minimum absolute atomic E-state index is 0.110. The van der Waals surface area contributed by atoms with Gasteiger partial charge >= 0.3 is 0 Å². The number of ether oxygens (including phenoxy) is 1. The molecule has 2 heterocycles. The van der Waals surface area contributed by atoms with E-state index in [-0.39, 0.29) is 29.3 Å². The van der Waals surface area contributed by atoms with Crippen LogP contribution in [0.4, 0.5) is 4.39 Å². The second kappa shape index (κ2) is 8.95. The number of rotatable bonds is 6. The van der Waals surface area contributed by atoms with E-state index in [1.807, 2.05) is 30.4 Å². The normalized spacial score (nSPS) is 18.2. The van der Waals surface area contributed by atoms with Gasteiger partial charge in [-0.1, -0.05) is 30.7 Å². The monoisotopic (exact) mass is 407 g/mol. The van der Waals surface area contributed by atoms with Crippen LogP contribution < -0.4 is 4.74 Å². The molecule has 0 bridgehead atoms.